The van der Waals surface area contributed by atoms with E-state index >= 15 is 0 Å². The summed E-state index contributed by atoms with van der Waals surface area (Å²) in [6, 6.07) is 20.7. The summed E-state index contributed by atoms with van der Waals surface area (Å²) >= 11 is 12.6. The number of amides is 1. The first-order valence-electron chi connectivity index (χ1n) is 8.78. The summed E-state index contributed by atoms with van der Waals surface area (Å²) < 4.78 is 5.54. The molecule has 0 heterocycles. The van der Waals surface area contributed by atoms with Gasteiger partial charge >= 0.3 is 0 Å². The minimum atomic E-state index is -0.288. The Balaban J connectivity index is 1.60. The molecule has 3 rings (SSSR count). The molecule has 3 aromatic rings. The van der Waals surface area contributed by atoms with Gasteiger partial charge in [-0.1, -0.05) is 59.6 Å². The Labute approximate surface area is 174 Å². The average Bonchev–Trinajstić information content (AvgIpc) is 2.67. The van der Waals surface area contributed by atoms with Gasteiger partial charge in [-0.3, -0.25) is 4.79 Å². The Morgan fingerprint density at radius 2 is 1.61 bits per heavy atom. The Hall–Kier alpha value is -2.69. The fourth-order valence-corrected chi connectivity index (χ4v) is 3.32. The standard InChI is InChI=1S/C22H20Cl2N2O2/c1-15-7-5-6-10-20(15)25-13-16-11-18(23)22(19(24)12-16)28-14-21(27)26-17-8-3-2-4-9-17/h2-12,25H,13-14H2,1H3,(H,26,27). The van der Waals surface area contributed by atoms with Crippen molar-refractivity contribution < 1.29 is 9.53 Å². The number of anilines is 2. The second kappa shape index (κ2) is 9.49. The number of aryl methyl sites for hydroxylation is 1. The summed E-state index contributed by atoms with van der Waals surface area (Å²) in [4.78, 5) is 12.0. The number of hydrogen-bond donors (Lipinski definition) is 2. The molecule has 0 spiro atoms. The molecule has 0 aliphatic heterocycles. The van der Waals surface area contributed by atoms with Gasteiger partial charge in [0.15, 0.2) is 12.4 Å². The lowest BCUT2D eigenvalue weighted by molar-refractivity contribution is -0.118. The fraction of sp³-hybridized carbons (Fsp3) is 0.136. The summed E-state index contributed by atoms with van der Waals surface area (Å²) in [6.07, 6.45) is 0. The second-order valence-electron chi connectivity index (χ2n) is 6.26. The minimum absolute atomic E-state index is 0.185. The van der Waals surface area contributed by atoms with Crippen molar-refractivity contribution in [3.8, 4) is 5.75 Å². The van der Waals surface area contributed by atoms with Crippen LogP contribution in [0.25, 0.3) is 0 Å². The van der Waals surface area contributed by atoms with Crippen LogP contribution in [0.5, 0.6) is 5.75 Å². The first kappa shape index (κ1) is 20.1. The van der Waals surface area contributed by atoms with E-state index in [-0.39, 0.29) is 12.5 Å². The highest BCUT2D eigenvalue weighted by Crippen LogP contribution is 2.34. The van der Waals surface area contributed by atoms with E-state index in [0.29, 0.717) is 28.0 Å². The van der Waals surface area contributed by atoms with Crippen LogP contribution in [0.15, 0.2) is 66.7 Å². The largest absolute Gasteiger partial charge is 0.481 e. The lowest BCUT2D eigenvalue weighted by Crippen LogP contribution is -2.20. The van der Waals surface area contributed by atoms with Crippen molar-refractivity contribution >= 4 is 40.5 Å². The van der Waals surface area contributed by atoms with Crippen molar-refractivity contribution in [2.75, 3.05) is 17.2 Å². The van der Waals surface area contributed by atoms with Crippen molar-refractivity contribution in [2.45, 2.75) is 13.5 Å². The molecule has 0 unspecified atom stereocenters. The molecule has 144 valence electrons. The average molecular weight is 415 g/mol. The molecule has 0 atom stereocenters. The van der Waals surface area contributed by atoms with E-state index in [4.69, 9.17) is 27.9 Å². The molecule has 0 bridgehead atoms. The Kier molecular flexibility index (Phi) is 6.80. The highest BCUT2D eigenvalue weighted by atomic mass is 35.5. The van der Waals surface area contributed by atoms with Crippen LogP contribution in [0.2, 0.25) is 10.0 Å². The number of carbonyl (C=O) groups is 1. The van der Waals surface area contributed by atoms with Gasteiger partial charge in [-0.15, -0.1) is 0 Å². The van der Waals surface area contributed by atoms with Crippen LogP contribution in [0.4, 0.5) is 11.4 Å². The first-order valence-corrected chi connectivity index (χ1v) is 9.53. The SMILES string of the molecule is Cc1ccccc1NCc1cc(Cl)c(OCC(=O)Nc2ccccc2)c(Cl)c1. The summed E-state index contributed by atoms with van der Waals surface area (Å²) in [7, 11) is 0. The zero-order chi connectivity index (χ0) is 19.9. The van der Waals surface area contributed by atoms with Crippen LogP contribution >= 0.6 is 23.2 Å². The number of carbonyl (C=O) groups excluding carboxylic acids is 1. The van der Waals surface area contributed by atoms with Crippen molar-refractivity contribution in [3.05, 3.63) is 87.9 Å². The van der Waals surface area contributed by atoms with Crippen molar-refractivity contribution in [2.24, 2.45) is 0 Å². The Bertz CT molecular complexity index is 939. The number of benzene rings is 3. The number of ether oxygens (including phenoxy) is 1. The number of hydrogen-bond acceptors (Lipinski definition) is 3. The first-order chi connectivity index (χ1) is 13.5. The third-order valence-electron chi connectivity index (χ3n) is 4.09. The third-order valence-corrected chi connectivity index (χ3v) is 4.65. The maximum atomic E-state index is 12.0. The summed E-state index contributed by atoms with van der Waals surface area (Å²) in [5.74, 6) is 0.00909. The van der Waals surface area contributed by atoms with E-state index in [1.165, 1.54) is 0 Å². The number of halogens is 2. The van der Waals surface area contributed by atoms with Gasteiger partial charge in [-0.2, -0.15) is 0 Å². The van der Waals surface area contributed by atoms with E-state index in [2.05, 4.69) is 10.6 Å². The molecular formula is C22H20Cl2N2O2. The second-order valence-corrected chi connectivity index (χ2v) is 7.07. The molecule has 0 saturated carbocycles. The van der Waals surface area contributed by atoms with Gasteiger partial charge in [0.2, 0.25) is 0 Å². The highest BCUT2D eigenvalue weighted by molar-refractivity contribution is 6.37. The Morgan fingerprint density at radius 1 is 0.964 bits per heavy atom. The van der Waals surface area contributed by atoms with Crippen LogP contribution < -0.4 is 15.4 Å². The van der Waals surface area contributed by atoms with Gasteiger partial charge in [0.25, 0.3) is 5.91 Å². The van der Waals surface area contributed by atoms with E-state index in [9.17, 15) is 4.79 Å². The number of para-hydroxylation sites is 2. The summed E-state index contributed by atoms with van der Waals surface area (Å²) in [5, 5.41) is 6.83. The van der Waals surface area contributed by atoms with E-state index < -0.39 is 0 Å². The lowest BCUT2D eigenvalue weighted by Gasteiger charge is -2.13. The van der Waals surface area contributed by atoms with E-state index in [1.54, 1.807) is 24.3 Å². The molecule has 0 aromatic heterocycles. The minimum Gasteiger partial charge on any atom is -0.481 e. The van der Waals surface area contributed by atoms with Crippen LogP contribution in [0, 0.1) is 6.92 Å². The number of nitrogens with one attached hydrogen (secondary N) is 2. The quantitative estimate of drug-likeness (QED) is 0.503. The molecule has 0 saturated heterocycles. The van der Waals surface area contributed by atoms with Gasteiger partial charge in [-0.05, 0) is 48.4 Å². The molecule has 0 fully saturated rings. The molecule has 2 N–H and O–H groups in total. The smallest absolute Gasteiger partial charge is 0.262 e. The zero-order valence-electron chi connectivity index (χ0n) is 15.3. The maximum absolute atomic E-state index is 12.0. The zero-order valence-corrected chi connectivity index (χ0v) is 16.8. The molecule has 28 heavy (non-hydrogen) atoms. The normalized spacial score (nSPS) is 10.4. The third kappa shape index (κ3) is 5.41. The van der Waals surface area contributed by atoms with Crippen molar-refractivity contribution in [3.63, 3.8) is 0 Å². The van der Waals surface area contributed by atoms with Gasteiger partial charge in [0, 0.05) is 17.9 Å². The summed E-state index contributed by atoms with van der Waals surface area (Å²) in [5.41, 5.74) is 3.82. The van der Waals surface area contributed by atoms with Crippen LogP contribution in [-0.2, 0) is 11.3 Å². The monoisotopic (exact) mass is 414 g/mol. The summed E-state index contributed by atoms with van der Waals surface area (Å²) in [6.45, 7) is 2.42. The van der Waals surface area contributed by atoms with Gasteiger partial charge in [0.1, 0.15) is 0 Å². The topological polar surface area (TPSA) is 50.4 Å². The highest BCUT2D eigenvalue weighted by Gasteiger charge is 2.12. The number of rotatable bonds is 7. The molecule has 6 heteroatoms. The van der Waals surface area contributed by atoms with Gasteiger partial charge in [-0.25, -0.2) is 0 Å². The lowest BCUT2D eigenvalue weighted by atomic mass is 10.1. The van der Waals surface area contributed by atoms with Crippen LogP contribution in [0.3, 0.4) is 0 Å². The van der Waals surface area contributed by atoms with Crippen LogP contribution in [0.1, 0.15) is 11.1 Å². The van der Waals surface area contributed by atoms with Gasteiger partial charge in [0.05, 0.1) is 10.0 Å². The molecule has 4 nitrogen and oxygen atoms in total. The molecule has 0 radical (unpaired) electrons. The maximum Gasteiger partial charge on any atom is 0.262 e. The molecule has 3 aromatic carbocycles. The van der Waals surface area contributed by atoms with E-state index in [1.807, 2.05) is 49.4 Å². The predicted octanol–water partition coefficient (Wildman–Crippen LogP) is 5.93. The predicted molar refractivity (Wildman–Crippen MR) is 116 cm³/mol. The molecular weight excluding hydrogens is 395 g/mol. The molecule has 0 aliphatic carbocycles. The van der Waals surface area contributed by atoms with Crippen molar-refractivity contribution in [1.82, 2.24) is 0 Å². The van der Waals surface area contributed by atoms with Gasteiger partial charge < -0.3 is 15.4 Å². The molecule has 1 amide bonds. The van der Waals surface area contributed by atoms with Crippen LogP contribution in [-0.4, -0.2) is 12.5 Å². The molecule has 0 aliphatic rings. The van der Waals surface area contributed by atoms with Crippen molar-refractivity contribution in [1.29, 1.82) is 0 Å². The van der Waals surface area contributed by atoms with E-state index in [0.717, 1.165) is 16.8 Å². The Morgan fingerprint density at radius 3 is 2.29 bits per heavy atom. The fourth-order valence-electron chi connectivity index (χ4n) is 2.68.